The zero-order valence-corrected chi connectivity index (χ0v) is 12.4. The molecule has 0 unspecified atom stereocenters. The molecule has 0 aliphatic heterocycles. The molecule has 0 atom stereocenters. The fourth-order valence-electron chi connectivity index (χ4n) is 1.73. The topological polar surface area (TPSA) is 30.8 Å². The van der Waals surface area contributed by atoms with Gasteiger partial charge in [0, 0.05) is 11.8 Å². The first-order valence-electron chi connectivity index (χ1n) is 6.07. The van der Waals surface area contributed by atoms with Crippen LogP contribution in [-0.4, -0.2) is 26.0 Å². The van der Waals surface area contributed by atoms with Gasteiger partial charge in [-0.3, -0.25) is 4.99 Å². The lowest BCUT2D eigenvalue weighted by Gasteiger charge is -2.16. The molecular formula is C15H23NO2. The summed E-state index contributed by atoms with van der Waals surface area (Å²) < 4.78 is 10.9. The lowest BCUT2D eigenvalue weighted by atomic mass is 10.0. The third-order valence-corrected chi connectivity index (χ3v) is 2.84. The average molecular weight is 249 g/mol. The van der Waals surface area contributed by atoms with Crippen LogP contribution in [0.4, 0.5) is 0 Å². The zero-order valence-electron chi connectivity index (χ0n) is 12.4. The predicted octanol–water partition coefficient (Wildman–Crippen LogP) is 3.54. The van der Waals surface area contributed by atoms with E-state index in [0.29, 0.717) is 0 Å². The predicted molar refractivity (Wildman–Crippen MR) is 76.4 cm³/mol. The highest BCUT2D eigenvalue weighted by Crippen LogP contribution is 2.32. The van der Waals surface area contributed by atoms with Crippen LogP contribution in [-0.2, 0) is 0 Å². The molecule has 0 radical (unpaired) electrons. The van der Waals surface area contributed by atoms with E-state index in [4.69, 9.17) is 9.47 Å². The van der Waals surface area contributed by atoms with Gasteiger partial charge in [0.2, 0.25) is 0 Å². The van der Waals surface area contributed by atoms with E-state index in [1.165, 1.54) is 0 Å². The zero-order chi connectivity index (χ0) is 13.9. The Kier molecular flexibility index (Phi) is 4.38. The maximum absolute atomic E-state index is 5.47. The summed E-state index contributed by atoms with van der Waals surface area (Å²) in [6, 6.07) is 1.97. The van der Waals surface area contributed by atoms with Crippen LogP contribution in [0.3, 0.4) is 0 Å². The molecule has 0 saturated carbocycles. The molecule has 0 aromatic heterocycles. The Morgan fingerprint density at radius 2 is 1.67 bits per heavy atom. The highest BCUT2D eigenvalue weighted by molar-refractivity contribution is 5.86. The standard InChI is InChI=1S/C15H23NO2/c1-10-11(2)14(18-7)12(8-13(10)17-6)9-16-15(3,4)5/h8-9H,1-7H3. The normalized spacial score (nSPS) is 11.9. The second-order valence-electron chi connectivity index (χ2n) is 5.38. The molecule has 18 heavy (non-hydrogen) atoms. The second kappa shape index (κ2) is 5.42. The molecule has 0 fully saturated rings. The smallest absolute Gasteiger partial charge is 0.131 e. The first kappa shape index (κ1) is 14.6. The van der Waals surface area contributed by atoms with Gasteiger partial charge in [-0.25, -0.2) is 0 Å². The van der Waals surface area contributed by atoms with E-state index in [9.17, 15) is 0 Å². The van der Waals surface area contributed by atoms with Crippen molar-refractivity contribution in [2.45, 2.75) is 40.2 Å². The Morgan fingerprint density at radius 1 is 1.06 bits per heavy atom. The molecule has 3 heteroatoms. The van der Waals surface area contributed by atoms with Gasteiger partial charge in [0.25, 0.3) is 0 Å². The number of hydrogen-bond acceptors (Lipinski definition) is 3. The fourth-order valence-corrected chi connectivity index (χ4v) is 1.73. The van der Waals surface area contributed by atoms with E-state index in [1.807, 2.05) is 26.1 Å². The molecule has 1 aromatic carbocycles. The summed E-state index contributed by atoms with van der Waals surface area (Å²) in [5.74, 6) is 1.73. The maximum atomic E-state index is 5.47. The molecule has 1 rings (SSSR count). The Balaban J connectivity index is 3.34. The van der Waals surface area contributed by atoms with Gasteiger partial charge in [-0.1, -0.05) is 0 Å². The minimum absolute atomic E-state index is 0.100. The number of nitrogens with zero attached hydrogens (tertiary/aromatic N) is 1. The lowest BCUT2D eigenvalue weighted by Crippen LogP contribution is -2.10. The number of aliphatic imine (C=N–C) groups is 1. The Bertz CT molecular complexity index is 457. The van der Waals surface area contributed by atoms with Gasteiger partial charge in [-0.05, 0) is 51.8 Å². The van der Waals surface area contributed by atoms with Gasteiger partial charge >= 0.3 is 0 Å². The van der Waals surface area contributed by atoms with Crippen LogP contribution in [0.1, 0.15) is 37.5 Å². The van der Waals surface area contributed by atoms with Crippen LogP contribution in [0.2, 0.25) is 0 Å². The monoisotopic (exact) mass is 249 g/mol. The van der Waals surface area contributed by atoms with Crippen molar-refractivity contribution in [2.75, 3.05) is 14.2 Å². The van der Waals surface area contributed by atoms with E-state index in [-0.39, 0.29) is 5.54 Å². The van der Waals surface area contributed by atoms with Crippen molar-refractivity contribution in [3.05, 3.63) is 22.8 Å². The fraction of sp³-hybridized carbons (Fsp3) is 0.533. The molecule has 0 amide bonds. The molecule has 0 saturated heterocycles. The third-order valence-electron chi connectivity index (χ3n) is 2.84. The SMILES string of the molecule is COc1cc(C=NC(C)(C)C)c(OC)c(C)c1C. The van der Waals surface area contributed by atoms with E-state index < -0.39 is 0 Å². The third kappa shape index (κ3) is 3.25. The Labute approximate surface area is 110 Å². The summed E-state index contributed by atoms with van der Waals surface area (Å²) in [6.07, 6.45) is 1.85. The summed E-state index contributed by atoms with van der Waals surface area (Å²) in [5, 5.41) is 0. The minimum Gasteiger partial charge on any atom is -0.496 e. The lowest BCUT2D eigenvalue weighted by molar-refractivity contribution is 0.397. The van der Waals surface area contributed by atoms with Gasteiger partial charge in [0.15, 0.2) is 0 Å². The molecular weight excluding hydrogens is 226 g/mol. The van der Waals surface area contributed by atoms with E-state index in [1.54, 1.807) is 14.2 Å². The van der Waals surface area contributed by atoms with Crippen LogP contribution in [0, 0.1) is 13.8 Å². The van der Waals surface area contributed by atoms with Crippen molar-refractivity contribution in [3.63, 3.8) is 0 Å². The highest BCUT2D eigenvalue weighted by Gasteiger charge is 2.13. The van der Waals surface area contributed by atoms with Crippen molar-refractivity contribution in [1.82, 2.24) is 0 Å². The van der Waals surface area contributed by atoms with Gasteiger partial charge < -0.3 is 9.47 Å². The Morgan fingerprint density at radius 3 is 2.11 bits per heavy atom. The molecule has 1 aromatic rings. The molecule has 0 aliphatic carbocycles. The quantitative estimate of drug-likeness (QED) is 0.767. The number of rotatable bonds is 3. The van der Waals surface area contributed by atoms with Crippen molar-refractivity contribution in [3.8, 4) is 11.5 Å². The van der Waals surface area contributed by atoms with Crippen LogP contribution >= 0.6 is 0 Å². The molecule has 0 spiro atoms. The van der Waals surface area contributed by atoms with Gasteiger partial charge in [0.05, 0.1) is 19.8 Å². The van der Waals surface area contributed by atoms with E-state index in [0.717, 1.165) is 28.2 Å². The largest absolute Gasteiger partial charge is 0.496 e. The van der Waals surface area contributed by atoms with E-state index in [2.05, 4.69) is 25.8 Å². The van der Waals surface area contributed by atoms with Crippen LogP contribution in [0.25, 0.3) is 0 Å². The van der Waals surface area contributed by atoms with E-state index >= 15 is 0 Å². The van der Waals surface area contributed by atoms with Gasteiger partial charge in [-0.15, -0.1) is 0 Å². The minimum atomic E-state index is -0.100. The summed E-state index contributed by atoms with van der Waals surface area (Å²) in [5.41, 5.74) is 3.04. The van der Waals surface area contributed by atoms with Crippen LogP contribution < -0.4 is 9.47 Å². The first-order chi connectivity index (χ1) is 8.30. The van der Waals surface area contributed by atoms with Gasteiger partial charge in [-0.2, -0.15) is 0 Å². The summed E-state index contributed by atoms with van der Waals surface area (Å²) in [7, 11) is 3.36. The summed E-state index contributed by atoms with van der Waals surface area (Å²) in [4.78, 5) is 4.52. The first-order valence-corrected chi connectivity index (χ1v) is 6.07. The van der Waals surface area contributed by atoms with Crippen molar-refractivity contribution >= 4 is 6.21 Å². The number of methoxy groups -OCH3 is 2. The molecule has 0 aliphatic rings. The highest BCUT2D eigenvalue weighted by atomic mass is 16.5. The maximum Gasteiger partial charge on any atom is 0.131 e. The molecule has 0 N–H and O–H groups in total. The molecule has 100 valence electrons. The number of ether oxygens (including phenoxy) is 2. The molecule has 3 nitrogen and oxygen atoms in total. The van der Waals surface area contributed by atoms with Crippen molar-refractivity contribution in [2.24, 2.45) is 4.99 Å². The van der Waals surface area contributed by atoms with Gasteiger partial charge in [0.1, 0.15) is 11.5 Å². The second-order valence-corrected chi connectivity index (χ2v) is 5.38. The summed E-state index contributed by atoms with van der Waals surface area (Å²) in [6.45, 7) is 10.3. The number of benzene rings is 1. The molecule has 0 heterocycles. The van der Waals surface area contributed by atoms with Crippen LogP contribution in [0.5, 0.6) is 11.5 Å². The van der Waals surface area contributed by atoms with Crippen LogP contribution in [0.15, 0.2) is 11.1 Å². The van der Waals surface area contributed by atoms with Crippen molar-refractivity contribution in [1.29, 1.82) is 0 Å². The van der Waals surface area contributed by atoms with Crippen molar-refractivity contribution < 1.29 is 9.47 Å². The number of hydrogen-bond donors (Lipinski definition) is 0. The molecule has 0 bridgehead atoms. The average Bonchev–Trinajstić information content (AvgIpc) is 2.29. The Hall–Kier alpha value is -1.51. The summed E-state index contributed by atoms with van der Waals surface area (Å²) >= 11 is 0.